The number of rotatable bonds is 2. The number of benzene rings is 1. The molecule has 1 aliphatic rings. The highest BCUT2D eigenvalue weighted by molar-refractivity contribution is 9.09. The van der Waals surface area contributed by atoms with Crippen molar-refractivity contribution in [2.24, 2.45) is 0 Å². The molecule has 2 rings (SSSR count). The van der Waals surface area contributed by atoms with Crippen molar-refractivity contribution in [3.8, 4) is 5.75 Å². The van der Waals surface area contributed by atoms with Gasteiger partial charge in [-0.05, 0) is 23.6 Å². The number of hydrogen-bond acceptors (Lipinski definition) is 1. The highest BCUT2D eigenvalue weighted by Crippen LogP contribution is 2.30. The molecular weight excluding hydrogens is 228 g/mol. The molecule has 1 aromatic rings. The Balaban J connectivity index is 2.25. The number of halogens is 1. The van der Waals surface area contributed by atoms with Gasteiger partial charge >= 0.3 is 0 Å². The van der Waals surface area contributed by atoms with Crippen molar-refractivity contribution in [1.82, 2.24) is 0 Å². The van der Waals surface area contributed by atoms with Crippen LogP contribution in [0.1, 0.15) is 18.1 Å². The molecule has 0 spiro atoms. The van der Waals surface area contributed by atoms with E-state index in [-0.39, 0.29) is 0 Å². The van der Waals surface area contributed by atoms with Crippen LogP contribution in [-0.2, 0) is 12.8 Å². The van der Waals surface area contributed by atoms with Crippen LogP contribution in [0.5, 0.6) is 5.75 Å². The van der Waals surface area contributed by atoms with E-state index in [1.54, 1.807) is 0 Å². The summed E-state index contributed by atoms with van der Waals surface area (Å²) in [6.07, 6.45) is 2.49. The van der Waals surface area contributed by atoms with E-state index in [0.717, 1.165) is 23.9 Å². The zero-order valence-electron chi connectivity index (χ0n) is 7.72. The van der Waals surface area contributed by atoms with Gasteiger partial charge in [-0.1, -0.05) is 35.0 Å². The fraction of sp³-hybridized carbons (Fsp3) is 0.455. The summed E-state index contributed by atoms with van der Waals surface area (Å²) in [7, 11) is 0. The van der Waals surface area contributed by atoms with Crippen molar-refractivity contribution in [3.63, 3.8) is 0 Å². The molecule has 1 heterocycles. The third-order valence-electron chi connectivity index (χ3n) is 2.45. The second kappa shape index (κ2) is 3.70. The monoisotopic (exact) mass is 240 g/mol. The second-order valence-corrected chi connectivity index (χ2v) is 4.04. The fourth-order valence-electron chi connectivity index (χ4n) is 1.68. The summed E-state index contributed by atoms with van der Waals surface area (Å²) in [6.45, 7) is 2.18. The minimum atomic E-state index is 0.335. The summed E-state index contributed by atoms with van der Waals surface area (Å²) in [5.74, 6) is 1.07. The van der Waals surface area contributed by atoms with E-state index in [1.807, 2.05) is 0 Å². The van der Waals surface area contributed by atoms with E-state index in [2.05, 4.69) is 41.1 Å². The lowest BCUT2D eigenvalue weighted by molar-refractivity contribution is 0.260. The van der Waals surface area contributed by atoms with Gasteiger partial charge in [0.25, 0.3) is 0 Å². The minimum Gasteiger partial charge on any atom is -0.489 e. The Morgan fingerprint density at radius 3 is 3.08 bits per heavy atom. The van der Waals surface area contributed by atoms with Gasteiger partial charge in [-0.15, -0.1) is 0 Å². The van der Waals surface area contributed by atoms with Crippen LogP contribution in [0.4, 0.5) is 0 Å². The fourth-order valence-corrected chi connectivity index (χ4v) is 2.04. The summed E-state index contributed by atoms with van der Waals surface area (Å²) >= 11 is 3.45. The third kappa shape index (κ3) is 1.73. The van der Waals surface area contributed by atoms with Crippen molar-refractivity contribution < 1.29 is 4.74 Å². The maximum absolute atomic E-state index is 5.71. The molecule has 2 heteroatoms. The van der Waals surface area contributed by atoms with Gasteiger partial charge in [-0.2, -0.15) is 0 Å². The second-order valence-electron chi connectivity index (χ2n) is 3.39. The summed E-state index contributed by atoms with van der Waals surface area (Å²) in [5.41, 5.74) is 2.77. The van der Waals surface area contributed by atoms with Crippen LogP contribution in [0.3, 0.4) is 0 Å². The lowest BCUT2D eigenvalue weighted by Gasteiger charge is -2.04. The lowest BCUT2D eigenvalue weighted by Crippen LogP contribution is -2.13. The molecule has 0 bridgehead atoms. The van der Waals surface area contributed by atoms with Crippen LogP contribution in [0.15, 0.2) is 18.2 Å². The lowest BCUT2D eigenvalue weighted by atomic mass is 10.1. The van der Waals surface area contributed by atoms with E-state index in [4.69, 9.17) is 4.74 Å². The highest BCUT2D eigenvalue weighted by Gasteiger charge is 2.21. The van der Waals surface area contributed by atoms with E-state index in [9.17, 15) is 0 Å². The smallest absolute Gasteiger partial charge is 0.123 e. The first-order chi connectivity index (χ1) is 6.33. The minimum absolute atomic E-state index is 0.335. The third-order valence-corrected chi connectivity index (χ3v) is 3.17. The summed E-state index contributed by atoms with van der Waals surface area (Å²) in [6, 6.07) is 6.50. The van der Waals surface area contributed by atoms with Crippen LogP contribution in [0.2, 0.25) is 0 Å². The van der Waals surface area contributed by atoms with Gasteiger partial charge in [0.15, 0.2) is 0 Å². The first kappa shape index (κ1) is 9.07. The molecule has 0 amide bonds. The average molecular weight is 241 g/mol. The molecule has 0 N–H and O–H groups in total. The molecule has 1 aliphatic heterocycles. The predicted octanol–water partition coefficient (Wildman–Crippen LogP) is 2.95. The molecule has 0 radical (unpaired) electrons. The number of ether oxygens (including phenoxy) is 1. The van der Waals surface area contributed by atoms with Crippen LogP contribution >= 0.6 is 15.9 Å². The van der Waals surface area contributed by atoms with Crippen LogP contribution < -0.4 is 4.74 Å². The van der Waals surface area contributed by atoms with E-state index in [1.165, 1.54) is 11.1 Å². The average Bonchev–Trinajstić information content (AvgIpc) is 2.58. The molecule has 0 aromatic heterocycles. The molecule has 0 fully saturated rings. The zero-order chi connectivity index (χ0) is 9.26. The van der Waals surface area contributed by atoms with Crippen LogP contribution in [-0.4, -0.2) is 11.4 Å². The largest absolute Gasteiger partial charge is 0.489 e. The molecule has 1 unspecified atom stereocenters. The molecule has 1 aromatic carbocycles. The predicted molar refractivity (Wildman–Crippen MR) is 57.7 cm³/mol. The number of fused-ring (bicyclic) bond motifs is 1. The van der Waals surface area contributed by atoms with Crippen molar-refractivity contribution in [2.75, 3.05) is 5.33 Å². The molecule has 0 saturated heterocycles. The van der Waals surface area contributed by atoms with Gasteiger partial charge in [0.05, 0.1) is 0 Å². The van der Waals surface area contributed by atoms with Gasteiger partial charge in [0.2, 0.25) is 0 Å². The topological polar surface area (TPSA) is 9.23 Å². The zero-order valence-corrected chi connectivity index (χ0v) is 9.30. The number of hydrogen-bond donors (Lipinski definition) is 0. The molecule has 70 valence electrons. The molecule has 1 atom stereocenters. The van der Waals surface area contributed by atoms with Crippen molar-refractivity contribution in [1.29, 1.82) is 0 Å². The Kier molecular flexibility index (Phi) is 2.58. The van der Waals surface area contributed by atoms with Crippen molar-refractivity contribution in [3.05, 3.63) is 29.3 Å². The van der Waals surface area contributed by atoms with Gasteiger partial charge in [-0.25, -0.2) is 0 Å². The van der Waals surface area contributed by atoms with Gasteiger partial charge in [-0.3, -0.25) is 0 Å². The normalized spacial score (nSPS) is 19.7. The van der Waals surface area contributed by atoms with Crippen molar-refractivity contribution in [2.45, 2.75) is 25.9 Å². The quantitative estimate of drug-likeness (QED) is 0.723. The van der Waals surface area contributed by atoms with Gasteiger partial charge in [0, 0.05) is 11.8 Å². The molecular formula is C11H13BrO. The first-order valence-electron chi connectivity index (χ1n) is 4.68. The maximum Gasteiger partial charge on any atom is 0.123 e. The Labute approximate surface area is 87.2 Å². The Morgan fingerprint density at radius 2 is 2.38 bits per heavy atom. The van der Waals surface area contributed by atoms with Crippen LogP contribution in [0.25, 0.3) is 0 Å². The SMILES string of the molecule is CCc1ccc2c(c1)CC(CBr)O2. The number of aryl methyl sites for hydroxylation is 1. The van der Waals surface area contributed by atoms with Gasteiger partial charge < -0.3 is 4.74 Å². The summed E-state index contributed by atoms with van der Waals surface area (Å²) in [5, 5.41) is 0.920. The standard InChI is InChI=1S/C11H13BrO/c1-2-8-3-4-11-9(5-8)6-10(7-12)13-11/h3-5,10H,2,6-7H2,1H3. The number of alkyl halides is 1. The Bertz CT molecular complexity index is 309. The maximum atomic E-state index is 5.71. The molecule has 0 saturated carbocycles. The molecule has 1 nitrogen and oxygen atoms in total. The highest BCUT2D eigenvalue weighted by atomic mass is 79.9. The van der Waals surface area contributed by atoms with E-state index < -0.39 is 0 Å². The van der Waals surface area contributed by atoms with E-state index >= 15 is 0 Å². The van der Waals surface area contributed by atoms with Crippen molar-refractivity contribution >= 4 is 15.9 Å². The Hall–Kier alpha value is -0.500. The summed E-state index contributed by atoms with van der Waals surface area (Å²) in [4.78, 5) is 0. The first-order valence-corrected chi connectivity index (χ1v) is 5.80. The molecule has 13 heavy (non-hydrogen) atoms. The Morgan fingerprint density at radius 1 is 1.54 bits per heavy atom. The van der Waals surface area contributed by atoms with E-state index in [0.29, 0.717) is 6.10 Å². The summed E-state index contributed by atoms with van der Waals surface area (Å²) < 4.78 is 5.71. The van der Waals surface area contributed by atoms with Gasteiger partial charge in [0.1, 0.15) is 11.9 Å². The van der Waals surface area contributed by atoms with Crippen LogP contribution in [0, 0.1) is 0 Å². The molecule has 0 aliphatic carbocycles.